The van der Waals surface area contributed by atoms with Gasteiger partial charge in [0.25, 0.3) is 0 Å². The molecule has 1 aliphatic carbocycles. The van der Waals surface area contributed by atoms with Crippen LogP contribution in [0.3, 0.4) is 0 Å². The Bertz CT molecular complexity index is 1130. The van der Waals surface area contributed by atoms with E-state index in [-0.39, 0.29) is 11.4 Å². The molecule has 2 heterocycles. The average molecular weight is 569 g/mol. The molecular formula is C31H41ClF4N2O. The Balaban J connectivity index is 0.000000425. The molecule has 0 saturated carbocycles. The Morgan fingerprint density at radius 1 is 1.13 bits per heavy atom. The van der Waals surface area contributed by atoms with Crippen molar-refractivity contribution < 1.29 is 22.3 Å². The average Bonchev–Trinajstić information content (AvgIpc) is 2.93. The quantitative estimate of drug-likeness (QED) is 0.337. The van der Waals surface area contributed by atoms with Crippen molar-refractivity contribution in [3.05, 3.63) is 93.7 Å². The van der Waals surface area contributed by atoms with Crippen molar-refractivity contribution in [2.75, 3.05) is 7.11 Å². The molecule has 1 aromatic carbocycles. The van der Waals surface area contributed by atoms with Crippen molar-refractivity contribution in [1.29, 1.82) is 0 Å². The number of allylic oxidation sites excluding steroid dienone is 5. The summed E-state index contributed by atoms with van der Waals surface area (Å²) in [5, 5.41) is 0.766. The maximum absolute atomic E-state index is 13.8. The fourth-order valence-electron chi connectivity index (χ4n) is 3.97. The van der Waals surface area contributed by atoms with Gasteiger partial charge in [0.15, 0.2) is 0 Å². The second-order valence-electron chi connectivity index (χ2n) is 8.68. The number of amidine groups is 1. The smallest absolute Gasteiger partial charge is 0.380 e. The van der Waals surface area contributed by atoms with Gasteiger partial charge in [-0.25, -0.2) is 9.38 Å². The maximum Gasteiger partial charge on any atom is 0.395 e. The lowest BCUT2D eigenvalue weighted by atomic mass is 9.93. The molecule has 0 bridgehead atoms. The number of hydrogen-bond acceptors (Lipinski definition) is 3. The molecule has 1 unspecified atom stereocenters. The molecule has 0 saturated heterocycles. The van der Waals surface area contributed by atoms with Gasteiger partial charge in [-0.05, 0) is 80.5 Å². The lowest BCUT2D eigenvalue weighted by Crippen LogP contribution is -2.36. The summed E-state index contributed by atoms with van der Waals surface area (Å²) in [5.74, 6) is -2.45. The predicted molar refractivity (Wildman–Crippen MR) is 155 cm³/mol. The van der Waals surface area contributed by atoms with Crippen LogP contribution in [0.1, 0.15) is 71.4 Å². The number of aliphatic imine (C=N–C) groups is 1. The molecule has 3 nitrogen and oxygen atoms in total. The van der Waals surface area contributed by atoms with Crippen LogP contribution in [0.4, 0.5) is 17.6 Å². The topological polar surface area (TPSA) is 24.8 Å². The summed E-state index contributed by atoms with van der Waals surface area (Å²) in [5.41, 5.74) is 4.25. The van der Waals surface area contributed by atoms with Gasteiger partial charge in [-0.2, -0.15) is 13.2 Å². The molecule has 1 atom stereocenters. The number of hydrogen-bond donors (Lipinski definition) is 0. The SMILES string of the molecule is C=C1C=C(C2=CCCCC2)N=C2C(C(C)C(F)(F)F)=CC(F)=CN12.CC.CC.COCc1cc(Cl)ccc1C. The van der Waals surface area contributed by atoms with Crippen LogP contribution in [0, 0.1) is 12.8 Å². The van der Waals surface area contributed by atoms with Crippen molar-refractivity contribution in [3.8, 4) is 0 Å². The number of alkyl halides is 3. The Morgan fingerprint density at radius 2 is 1.79 bits per heavy atom. The van der Waals surface area contributed by atoms with Gasteiger partial charge in [0, 0.05) is 29.6 Å². The number of aryl methyl sites for hydroxylation is 1. The highest BCUT2D eigenvalue weighted by Gasteiger charge is 2.42. The Kier molecular flexibility index (Phi) is 14.5. The molecule has 0 spiro atoms. The van der Waals surface area contributed by atoms with Crippen LogP contribution in [0.15, 0.2) is 82.6 Å². The number of fused-ring (bicyclic) bond motifs is 1. The van der Waals surface area contributed by atoms with E-state index < -0.39 is 17.9 Å². The molecule has 0 aromatic heterocycles. The molecule has 0 amide bonds. The largest absolute Gasteiger partial charge is 0.395 e. The minimum absolute atomic E-state index is 0.107. The van der Waals surface area contributed by atoms with E-state index in [1.54, 1.807) is 13.2 Å². The van der Waals surface area contributed by atoms with Gasteiger partial charge in [-0.3, -0.25) is 4.90 Å². The summed E-state index contributed by atoms with van der Waals surface area (Å²) in [6.07, 6.45) is 5.24. The lowest BCUT2D eigenvalue weighted by molar-refractivity contribution is -0.158. The summed E-state index contributed by atoms with van der Waals surface area (Å²) in [6, 6.07) is 5.81. The molecule has 8 heteroatoms. The monoisotopic (exact) mass is 568 g/mol. The van der Waals surface area contributed by atoms with Crippen LogP contribution >= 0.6 is 11.6 Å². The first-order valence-corrected chi connectivity index (χ1v) is 13.8. The van der Waals surface area contributed by atoms with Gasteiger partial charge in [0.1, 0.15) is 11.7 Å². The van der Waals surface area contributed by atoms with Gasteiger partial charge < -0.3 is 4.74 Å². The van der Waals surface area contributed by atoms with Crippen LogP contribution in [-0.2, 0) is 11.3 Å². The second-order valence-corrected chi connectivity index (χ2v) is 9.12. The zero-order valence-electron chi connectivity index (χ0n) is 24.1. The fourth-order valence-corrected chi connectivity index (χ4v) is 4.16. The molecule has 3 aliphatic rings. The van der Waals surface area contributed by atoms with E-state index in [9.17, 15) is 17.6 Å². The summed E-state index contributed by atoms with van der Waals surface area (Å²) in [6.45, 7) is 15.6. The zero-order chi connectivity index (χ0) is 29.8. The Morgan fingerprint density at radius 3 is 2.36 bits per heavy atom. The number of methoxy groups -OCH3 is 1. The van der Waals surface area contributed by atoms with Crippen LogP contribution in [0.25, 0.3) is 0 Å². The highest BCUT2D eigenvalue weighted by atomic mass is 35.5. The second kappa shape index (κ2) is 16.5. The standard InChI is InChI=1S/C18H18F4N2.C9H11ClO.2C2H6/c1-11-8-16(13-6-4-3-5-7-13)23-17-15(12(2)18(20,21)22)9-14(19)10-24(11)17;1-7-3-4-9(10)5-8(7)6-11-2;2*1-2/h6,8-10,12H,1,3-5,7H2,2H3;3-5H,6H2,1-2H3;2*1-2H3. The van der Waals surface area contributed by atoms with Gasteiger partial charge in [0.05, 0.1) is 18.2 Å². The van der Waals surface area contributed by atoms with Gasteiger partial charge in [-0.1, -0.05) is 58.0 Å². The normalized spacial score (nSPS) is 17.2. The Labute approximate surface area is 236 Å². The zero-order valence-corrected chi connectivity index (χ0v) is 24.8. The number of benzene rings is 1. The molecule has 1 aromatic rings. The Hall–Kier alpha value is -2.64. The molecule has 216 valence electrons. The summed E-state index contributed by atoms with van der Waals surface area (Å²) >= 11 is 5.80. The van der Waals surface area contributed by atoms with Crippen molar-refractivity contribution >= 4 is 17.4 Å². The minimum Gasteiger partial charge on any atom is -0.380 e. The fraction of sp³-hybridized carbons (Fsp3) is 0.452. The van der Waals surface area contributed by atoms with Crippen LogP contribution < -0.4 is 0 Å². The minimum atomic E-state index is -4.47. The van der Waals surface area contributed by atoms with E-state index in [4.69, 9.17) is 16.3 Å². The predicted octanol–water partition coefficient (Wildman–Crippen LogP) is 10.4. The van der Waals surface area contributed by atoms with E-state index in [0.717, 1.165) is 61.0 Å². The third-order valence-corrected chi connectivity index (χ3v) is 6.29. The van der Waals surface area contributed by atoms with Crippen LogP contribution in [-0.4, -0.2) is 24.0 Å². The number of halogens is 5. The highest BCUT2D eigenvalue weighted by molar-refractivity contribution is 6.30. The van der Waals surface area contributed by atoms with E-state index in [1.807, 2.05) is 52.8 Å². The van der Waals surface area contributed by atoms with Crippen molar-refractivity contribution in [2.24, 2.45) is 10.9 Å². The highest BCUT2D eigenvalue weighted by Crippen LogP contribution is 2.39. The van der Waals surface area contributed by atoms with Gasteiger partial charge in [0.2, 0.25) is 0 Å². The first kappa shape index (κ1) is 34.4. The van der Waals surface area contributed by atoms with E-state index in [1.165, 1.54) is 10.5 Å². The summed E-state index contributed by atoms with van der Waals surface area (Å²) < 4.78 is 58.3. The molecule has 2 aliphatic heterocycles. The molecule has 39 heavy (non-hydrogen) atoms. The molecule has 0 radical (unpaired) electrons. The van der Waals surface area contributed by atoms with E-state index in [2.05, 4.69) is 17.6 Å². The van der Waals surface area contributed by atoms with E-state index >= 15 is 0 Å². The van der Waals surface area contributed by atoms with Crippen molar-refractivity contribution in [2.45, 2.75) is 80.0 Å². The number of nitrogens with zero attached hydrogens (tertiary/aromatic N) is 2. The first-order valence-electron chi connectivity index (χ1n) is 13.4. The third-order valence-electron chi connectivity index (χ3n) is 6.06. The molecular weight excluding hydrogens is 528 g/mol. The molecule has 0 fully saturated rings. The lowest BCUT2D eigenvalue weighted by Gasteiger charge is -2.34. The van der Waals surface area contributed by atoms with E-state index in [0.29, 0.717) is 18.0 Å². The molecule has 4 rings (SSSR count). The van der Waals surface area contributed by atoms with Crippen molar-refractivity contribution in [1.82, 2.24) is 4.90 Å². The third kappa shape index (κ3) is 9.80. The summed E-state index contributed by atoms with van der Waals surface area (Å²) in [4.78, 5) is 5.71. The maximum atomic E-state index is 13.8. The van der Waals surface area contributed by atoms with Crippen LogP contribution in [0.5, 0.6) is 0 Å². The number of rotatable bonds is 4. The van der Waals surface area contributed by atoms with Crippen LogP contribution in [0.2, 0.25) is 5.02 Å². The molecule has 0 N–H and O–H groups in total. The van der Waals surface area contributed by atoms with Gasteiger partial charge in [-0.15, -0.1) is 0 Å². The summed E-state index contributed by atoms with van der Waals surface area (Å²) in [7, 11) is 1.68. The van der Waals surface area contributed by atoms with Gasteiger partial charge >= 0.3 is 6.18 Å². The number of ether oxygens (including phenoxy) is 1. The first-order chi connectivity index (χ1) is 18.5. The van der Waals surface area contributed by atoms with Crippen molar-refractivity contribution in [3.63, 3.8) is 0 Å².